The van der Waals surface area contributed by atoms with Crippen molar-refractivity contribution in [3.63, 3.8) is 0 Å². The summed E-state index contributed by atoms with van der Waals surface area (Å²) in [7, 11) is 0. The fraction of sp³-hybridized carbons (Fsp3) is 0.188. The molecule has 2 aromatic heterocycles. The Bertz CT molecular complexity index is 764. The number of pyridine rings is 1. The predicted molar refractivity (Wildman–Crippen MR) is 81.0 cm³/mol. The molecule has 0 saturated heterocycles. The molecule has 2 heterocycles. The zero-order valence-electron chi connectivity index (χ0n) is 11.8. The van der Waals surface area contributed by atoms with Gasteiger partial charge in [0.2, 0.25) is 0 Å². The summed E-state index contributed by atoms with van der Waals surface area (Å²) in [6.45, 7) is 3.20. The number of carbonyl (C=O) groups excluding carboxylic acids is 1. The molecule has 3 aromatic rings. The number of amides is 1. The van der Waals surface area contributed by atoms with Crippen molar-refractivity contribution in [3.05, 3.63) is 60.2 Å². The largest absolute Gasteiger partial charge is 0.349 e. The van der Waals surface area contributed by atoms with Gasteiger partial charge in [-0.3, -0.25) is 9.78 Å². The lowest BCUT2D eigenvalue weighted by Gasteiger charge is -2.08. The van der Waals surface area contributed by atoms with Crippen LogP contribution < -0.4 is 5.32 Å². The number of rotatable bonds is 4. The second kappa shape index (κ2) is 5.75. The van der Waals surface area contributed by atoms with Crippen molar-refractivity contribution in [2.24, 2.45) is 0 Å². The third-order valence-corrected chi connectivity index (χ3v) is 3.36. The molecule has 0 fully saturated rings. The van der Waals surface area contributed by atoms with Crippen molar-refractivity contribution in [3.8, 4) is 0 Å². The molecular formula is C16H16N4O. The predicted octanol–water partition coefficient (Wildman–Crippen LogP) is 2.17. The maximum Gasteiger partial charge on any atom is 0.269 e. The number of aromatic nitrogens is 3. The SMILES string of the molecule is Cc1nc2ccccc2n1CCNC(=O)c1ccccn1. The van der Waals surface area contributed by atoms with Crippen LogP contribution in [-0.2, 0) is 6.54 Å². The van der Waals surface area contributed by atoms with Crippen molar-refractivity contribution >= 4 is 16.9 Å². The van der Waals surface area contributed by atoms with Gasteiger partial charge in [-0.25, -0.2) is 4.98 Å². The van der Waals surface area contributed by atoms with E-state index in [-0.39, 0.29) is 5.91 Å². The van der Waals surface area contributed by atoms with Crippen molar-refractivity contribution < 1.29 is 4.79 Å². The first kappa shape index (κ1) is 13.3. The number of para-hydroxylation sites is 2. The molecule has 21 heavy (non-hydrogen) atoms. The summed E-state index contributed by atoms with van der Waals surface area (Å²) in [6, 6.07) is 13.3. The number of benzene rings is 1. The van der Waals surface area contributed by atoms with Gasteiger partial charge in [0.1, 0.15) is 11.5 Å². The normalized spacial score (nSPS) is 10.7. The average Bonchev–Trinajstić information content (AvgIpc) is 2.84. The van der Waals surface area contributed by atoms with E-state index in [0.29, 0.717) is 18.8 Å². The lowest BCUT2D eigenvalue weighted by Crippen LogP contribution is -2.28. The van der Waals surface area contributed by atoms with E-state index in [1.807, 2.05) is 31.2 Å². The van der Waals surface area contributed by atoms with Gasteiger partial charge in [-0.05, 0) is 31.2 Å². The van der Waals surface area contributed by atoms with Crippen LogP contribution >= 0.6 is 0 Å². The van der Waals surface area contributed by atoms with Crippen molar-refractivity contribution in [1.82, 2.24) is 19.9 Å². The summed E-state index contributed by atoms with van der Waals surface area (Å²) < 4.78 is 2.11. The molecule has 1 N–H and O–H groups in total. The molecule has 0 aliphatic heterocycles. The minimum Gasteiger partial charge on any atom is -0.349 e. The number of carbonyl (C=O) groups is 1. The van der Waals surface area contributed by atoms with E-state index < -0.39 is 0 Å². The van der Waals surface area contributed by atoms with Gasteiger partial charge >= 0.3 is 0 Å². The van der Waals surface area contributed by atoms with E-state index in [1.54, 1.807) is 24.4 Å². The third kappa shape index (κ3) is 2.76. The van der Waals surface area contributed by atoms with Gasteiger partial charge < -0.3 is 9.88 Å². The summed E-state index contributed by atoms with van der Waals surface area (Å²) in [5.74, 6) is 0.793. The summed E-state index contributed by atoms with van der Waals surface area (Å²) in [6.07, 6.45) is 1.61. The number of nitrogens with one attached hydrogen (secondary N) is 1. The van der Waals surface area contributed by atoms with Crippen LogP contribution in [0.25, 0.3) is 11.0 Å². The topological polar surface area (TPSA) is 59.8 Å². The second-order valence-electron chi connectivity index (χ2n) is 4.77. The van der Waals surface area contributed by atoms with E-state index in [0.717, 1.165) is 16.9 Å². The Labute approximate surface area is 122 Å². The molecule has 0 unspecified atom stereocenters. The van der Waals surface area contributed by atoms with Crippen LogP contribution in [-0.4, -0.2) is 27.0 Å². The van der Waals surface area contributed by atoms with Crippen LogP contribution in [0.3, 0.4) is 0 Å². The molecule has 0 bridgehead atoms. The minimum absolute atomic E-state index is 0.155. The van der Waals surface area contributed by atoms with Crippen molar-refractivity contribution in [2.75, 3.05) is 6.54 Å². The second-order valence-corrected chi connectivity index (χ2v) is 4.77. The lowest BCUT2D eigenvalue weighted by atomic mass is 10.3. The Morgan fingerprint density at radius 2 is 2.00 bits per heavy atom. The highest BCUT2D eigenvalue weighted by Crippen LogP contribution is 2.14. The summed E-state index contributed by atoms with van der Waals surface area (Å²) in [5, 5.41) is 2.88. The summed E-state index contributed by atoms with van der Waals surface area (Å²) in [4.78, 5) is 20.5. The molecule has 0 aliphatic rings. The van der Waals surface area contributed by atoms with E-state index in [1.165, 1.54) is 0 Å². The molecule has 0 spiro atoms. The van der Waals surface area contributed by atoms with Crippen LogP contribution in [0, 0.1) is 6.92 Å². The molecular weight excluding hydrogens is 264 g/mol. The van der Waals surface area contributed by atoms with Crippen LogP contribution in [0.15, 0.2) is 48.7 Å². The molecule has 5 heteroatoms. The lowest BCUT2D eigenvalue weighted by molar-refractivity contribution is 0.0947. The Balaban J connectivity index is 1.67. The molecule has 3 rings (SSSR count). The van der Waals surface area contributed by atoms with Gasteiger partial charge in [0.15, 0.2) is 0 Å². The van der Waals surface area contributed by atoms with Gasteiger partial charge in [-0.1, -0.05) is 18.2 Å². The maximum atomic E-state index is 11.9. The number of fused-ring (bicyclic) bond motifs is 1. The first-order valence-corrected chi connectivity index (χ1v) is 6.87. The average molecular weight is 280 g/mol. The highest BCUT2D eigenvalue weighted by Gasteiger charge is 2.08. The van der Waals surface area contributed by atoms with Gasteiger partial charge in [0.05, 0.1) is 11.0 Å². The highest BCUT2D eigenvalue weighted by atomic mass is 16.1. The van der Waals surface area contributed by atoms with Crippen LogP contribution in [0.2, 0.25) is 0 Å². The molecule has 1 aromatic carbocycles. The molecule has 5 nitrogen and oxygen atoms in total. The van der Waals surface area contributed by atoms with Gasteiger partial charge in [0.25, 0.3) is 5.91 Å². The van der Waals surface area contributed by atoms with Crippen LogP contribution in [0.1, 0.15) is 16.3 Å². The smallest absolute Gasteiger partial charge is 0.269 e. The Hall–Kier alpha value is -2.69. The van der Waals surface area contributed by atoms with Crippen LogP contribution in [0.4, 0.5) is 0 Å². The number of aryl methyl sites for hydroxylation is 1. The molecule has 106 valence electrons. The summed E-state index contributed by atoms with van der Waals surface area (Å²) in [5.41, 5.74) is 2.50. The first-order chi connectivity index (χ1) is 10.3. The van der Waals surface area contributed by atoms with E-state index in [9.17, 15) is 4.79 Å². The fourth-order valence-electron chi connectivity index (χ4n) is 2.35. The van der Waals surface area contributed by atoms with Gasteiger partial charge in [-0.2, -0.15) is 0 Å². The number of nitrogens with zero attached hydrogens (tertiary/aromatic N) is 3. The summed E-state index contributed by atoms with van der Waals surface area (Å²) >= 11 is 0. The van der Waals surface area contributed by atoms with Crippen LogP contribution in [0.5, 0.6) is 0 Å². The fourth-order valence-corrected chi connectivity index (χ4v) is 2.35. The Morgan fingerprint density at radius 1 is 1.19 bits per heavy atom. The first-order valence-electron chi connectivity index (χ1n) is 6.87. The number of hydrogen-bond acceptors (Lipinski definition) is 3. The molecule has 0 saturated carbocycles. The minimum atomic E-state index is -0.155. The standard InChI is InChI=1S/C16H16N4O/c1-12-19-13-6-2-3-8-15(13)20(12)11-10-18-16(21)14-7-4-5-9-17-14/h2-9H,10-11H2,1H3,(H,18,21). The van der Waals surface area contributed by atoms with E-state index in [4.69, 9.17) is 0 Å². The Morgan fingerprint density at radius 3 is 2.81 bits per heavy atom. The van der Waals surface area contributed by atoms with Crippen molar-refractivity contribution in [2.45, 2.75) is 13.5 Å². The number of imidazole rings is 1. The molecule has 0 atom stereocenters. The zero-order chi connectivity index (χ0) is 14.7. The molecule has 0 aliphatic carbocycles. The highest BCUT2D eigenvalue weighted by molar-refractivity contribution is 5.92. The van der Waals surface area contributed by atoms with Gasteiger partial charge in [-0.15, -0.1) is 0 Å². The van der Waals surface area contributed by atoms with E-state index >= 15 is 0 Å². The molecule has 0 radical (unpaired) electrons. The Kier molecular flexibility index (Phi) is 3.64. The van der Waals surface area contributed by atoms with Gasteiger partial charge in [0, 0.05) is 19.3 Å². The van der Waals surface area contributed by atoms with Crippen molar-refractivity contribution in [1.29, 1.82) is 0 Å². The number of hydrogen-bond donors (Lipinski definition) is 1. The quantitative estimate of drug-likeness (QED) is 0.796. The monoisotopic (exact) mass is 280 g/mol. The van der Waals surface area contributed by atoms with E-state index in [2.05, 4.69) is 19.9 Å². The zero-order valence-corrected chi connectivity index (χ0v) is 11.8. The maximum absolute atomic E-state index is 11.9. The molecule has 1 amide bonds. The third-order valence-electron chi connectivity index (χ3n) is 3.36.